The first-order valence-electron chi connectivity index (χ1n) is 7.57. The molecule has 2 rings (SSSR count). The van der Waals surface area contributed by atoms with E-state index in [-0.39, 0.29) is 18.8 Å². The molecule has 0 saturated carbocycles. The van der Waals surface area contributed by atoms with Gasteiger partial charge in [0.15, 0.2) is 0 Å². The molecule has 1 aromatic carbocycles. The maximum absolute atomic E-state index is 11.9. The van der Waals surface area contributed by atoms with Gasteiger partial charge in [0.25, 0.3) is 0 Å². The molecule has 2 aromatic rings. The highest BCUT2D eigenvalue weighted by Crippen LogP contribution is 2.14. The van der Waals surface area contributed by atoms with Crippen molar-refractivity contribution in [1.29, 1.82) is 0 Å². The minimum atomic E-state index is -0.762. The van der Waals surface area contributed by atoms with Crippen LogP contribution in [0.4, 0.5) is 10.7 Å². The summed E-state index contributed by atoms with van der Waals surface area (Å²) in [5.74, 6) is -0.419. The average molecular weight is 367 g/mol. The van der Waals surface area contributed by atoms with Crippen LogP contribution in [0, 0.1) is 6.92 Å². The van der Waals surface area contributed by atoms with Crippen molar-refractivity contribution in [2.45, 2.75) is 26.0 Å². The number of carbonyl (C=O) groups excluding carboxylic acids is 2. The van der Waals surface area contributed by atoms with Crippen molar-refractivity contribution in [3.63, 3.8) is 0 Å². The summed E-state index contributed by atoms with van der Waals surface area (Å²) in [7, 11) is 0. The smallest absolute Gasteiger partial charge is 0.414 e. The normalized spacial score (nSPS) is 11.8. The van der Waals surface area contributed by atoms with Gasteiger partial charge in [0.1, 0.15) is 6.10 Å². The number of hydrogen-bond donors (Lipinski definition) is 3. The van der Waals surface area contributed by atoms with Gasteiger partial charge in [-0.25, -0.2) is 4.79 Å². The number of hydrogen-bond acceptors (Lipinski definition) is 6. The Hall–Kier alpha value is -2.58. The fourth-order valence-electron chi connectivity index (χ4n) is 2.09. The molecule has 0 aliphatic heterocycles. The van der Waals surface area contributed by atoms with E-state index in [4.69, 9.17) is 26.6 Å². The Morgan fingerprint density at radius 3 is 2.80 bits per heavy atom. The Bertz CT molecular complexity index is 734. The number of rotatable bonds is 8. The summed E-state index contributed by atoms with van der Waals surface area (Å²) in [6.45, 7) is 2.41. The molecule has 4 N–H and O–H groups in total. The maximum atomic E-state index is 11.9. The first-order chi connectivity index (χ1) is 11.9. The van der Waals surface area contributed by atoms with Gasteiger partial charge in [0.05, 0.1) is 12.1 Å². The fourth-order valence-corrected chi connectivity index (χ4v) is 2.30. The average Bonchev–Trinajstić information content (AvgIpc) is 2.93. The van der Waals surface area contributed by atoms with Crippen LogP contribution in [0.1, 0.15) is 17.7 Å². The maximum Gasteiger partial charge on any atom is 0.414 e. The van der Waals surface area contributed by atoms with E-state index in [9.17, 15) is 9.59 Å². The minimum Gasteiger partial charge on any atom is -0.444 e. The Kier molecular flexibility index (Phi) is 6.79. The van der Waals surface area contributed by atoms with E-state index in [0.717, 1.165) is 5.56 Å². The van der Waals surface area contributed by atoms with Crippen LogP contribution >= 0.6 is 11.6 Å². The van der Waals surface area contributed by atoms with Crippen molar-refractivity contribution in [2.24, 2.45) is 5.73 Å². The van der Waals surface area contributed by atoms with E-state index in [1.54, 1.807) is 19.1 Å². The second-order valence-electron chi connectivity index (χ2n) is 5.38. The molecular formula is C16H19ClN4O4. The number of nitrogens with two attached hydrogens (primary N) is 1. The quantitative estimate of drug-likeness (QED) is 0.659. The third-order valence-electron chi connectivity index (χ3n) is 3.20. The van der Waals surface area contributed by atoms with Gasteiger partial charge in [0.2, 0.25) is 11.8 Å². The van der Waals surface area contributed by atoms with Gasteiger partial charge in [-0.2, -0.15) is 0 Å². The van der Waals surface area contributed by atoms with Crippen LogP contribution in [0.2, 0.25) is 5.02 Å². The molecule has 0 saturated heterocycles. The zero-order valence-electron chi connectivity index (χ0n) is 13.6. The van der Waals surface area contributed by atoms with Gasteiger partial charge in [-0.1, -0.05) is 35.0 Å². The van der Waals surface area contributed by atoms with Gasteiger partial charge in [0, 0.05) is 24.2 Å². The van der Waals surface area contributed by atoms with E-state index in [1.165, 1.54) is 0 Å². The van der Waals surface area contributed by atoms with Gasteiger partial charge in [-0.15, -0.1) is 0 Å². The third kappa shape index (κ3) is 6.44. The SMILES string of the molecule is Cc1cc(NC(=O)OC(CNCc2ccccc2Cl)CC(N)=O)on1. The standard InChI is InChI=1S/C16H19ClN4O4/c1-10-6-15(25-21-10)20-16(23)24-12(7-14(18)22)9-19-8-11-4-2-3-5-13(11)17/h2-6,12,19H,7-9H2,1H3,(H2,18,22)(H,20,23). The second-order valence-corrected chi connectivity index (χ2v) is 5.78. The lowest BCUT2D eigenvalue weighted by Gasteiger charge is -2.17. The molecule has 1 atom stereocenters. The number of nitrogens with one attached hydrogen (secondary N) is 2. The largest absolute Gasteiger partial charge is 0.444 e. The van der Waals surface area contributed by atoms with Crippen LogP contribution < -0.4 is 16.4 Å². The molecule has 0 fully saturated rings. The minimum absolute atomic E-state index is 0.113. The Balaban J connectivity index is 1.86. The highest BCUT2D eigenvalue weighted by atomic mass is 35.5. The van der Waals surface area contributed by atoms with E-state index in [2.05, 4.69) is 15.8 Å². The lowest BCUT2D eigenvalue weighted by molar-refractivity contribution is -0.119. The second kappa shape index (κ2) is 9.05. The number of nitrogens with zero attached hydrogens (tertiary/aromatic N) is 1. The third-order valence-corrected chi connectivity index (χ3v) is 3.57. The highest BCUT2D eigenvalue weighted by Gasteiger charge is 2.18. The van der Waals surface area contributed by atoms with Crippen molar-refractivity contribution in [3.8, 4) is 0 Å². The molecule has 0 bridgehead atoms. The molecule has 1 unspecified atom stereocenters. The summed E-state index contributed by atoms with van der Waals surface area (Å²) >= 11 is 6.07. The van der Waals surface area contributed by atoms with Gasteiger partial charge in [-0.05, 0) is 18.6 Å². The Morgan fingerprint density at radius 1 is 1.40 bits per heavy atom. The van der Waals surface area contributed by atoms with Gasteiger partial charge < -0.3 is 20.3 Å². The summed E-state index contributed by atoms with van der Waals surface area (Å²) in [4.78, 5) is 23.1. The summed E-state index contributed by atoms with van der Waals surface area (Å²) in [6, 6.07) is 8.90. The van der Waals surface area contributed by atoms with Crippen molar-refractivity contribution in [3.05, 3.63) is 46.6 Å². The first-order valence-corrected chi connectivity index (χ1v) is 7.95. The molecule has 134 valence electrons. The lowest BCUT2D eigenvalue weighted by Crippen LogP contribution is -2.35. The molecule has 1 aromatic heterocycles. The molecule has 2 amide bonds. The monoisotopic (exact) mass is 366 g/mol. The number of amides is 2. The molecule has 0 aliphatic carbocycles. The zero-order chi connectivity index (χ0) is 18.2. The molecule has 0 aliphatic rings. The zero-order valence-corrected chi connectivity index (χ0v) is 14.4. The van der Waals surface area contributed by atoms with Crippen LogP contribution in [-0.4, -0.2) is 29.8 Å². The number of benzene rings is 1. The molecule has 8 nitrogen and oxygen atoms in total. The predicted octanol–water partition coefficient (Wildman–Crippen LogP) is 2.22. The van der Waals surface area contributed by atoms with Gasteiger partial charge >= 0.3 is 6.09 Å². The van der Waals surface area contributed by atoms with Gasteiger partial charge in [-0.3, -0.25) is 10.1 Å². The van der Waals surface area contributed by atoms with E-state index in [0.29, 0.717) is 17.3 Å². The Labute approximate surface area is 149 Å². The highest BCUT2D eigenvalue weighted by molar-refractivity contribution is 6.31. The molecular weight excluding hydrogens is 348 g/mol. The van der Waals surface area contributed by atoms with Crippen molar-refractivity contribution < 1.29 is 18.8 Å². The van der Waals surface area contributed by atoms with Crippen molar-refractivity contribution in [1.82, 2.24) is 10.5 Å². The number of primary amides is 1. The van der Waals surface area contributed by atoms with Crippen LogP contribution in [0.5, 0.6) is 0 Å². The summed E-state index contributed by atoms with van der Waals surface area (Å²) in [6.07, 6.45) is -1.61. The van der Waals surface area contributed by atoms with E-state index < -0.39 is 18.1 Å². The van der Waals surface area contributed by atoms with E-state index >= 15 is 0 Å². The predicted molar refractivity (Wildman–Crippen MR) is 92.1 cm³/mol. The summed E-state index contributed by atoms with van der Waals surface area (Å²) in [5.41, 5.74) is 6.71. The first kappa shape index (κ1) is 18.8. The van der Waals surface area contributed by atoms with Crippen molar-refractivity contribution in [2.75, 3.05) is 11.9 Å². The number of carbonyl (C=O) groups is 2. The summed E-state index contributed by atoms with van der Waals surface area (Å²) < 4.78 is 10.1. The number of aromatic nitrogens is 1. The number of halogens is 1. The lowest BCUT2D eigenvalue weighted by atomic mass is 10.2. The van der Waals surface area contributed by atoms with Crippen LogP contribution in [-0.2, 0) is 16.1 Å². The molecule has 9 heteroatoms. The van der Waals surface area contributed by atoms with Crippen LogP contribution in [0.15, 0.2) is 34.9 Å². The molecule has 0 spiro atoms. The number of aryl methyl sites for hydroxylation is 1. The number of ether oxygens (including phenoxy) is 1. The Morgan fingerprint density at radius 2 is 2.16 bits per heavy atom. The fraction of sp³-hybridized carbons (Fsp3) is 0.312. The van der Waals surface area contributed by atoms with E-state index in [1.807, 2.05) is 18.2 Å². The summed E-state index contributed by atoms with van der Waals surface area (Å²) in [5, 5.41) is 9.75. The number of anilines is 1. The molecule has 25 heavy (non-hydrogen) atoms. The topological polar surface area (TPSA) is 119 Å². The molecule has 0 radical (unpaired) electrons. The molecule has 1 heterocycles. The van der Waals surface area contributed by atoms with Crippen molar-refractivity contribution >= 4 is 29.5 Å². The van der Waals surface area contributed by atoms with Crippen LogP contribution in [0.25, 0.3) is 0 Å². The van der Waals surface area contributed by atoms with Crippen LogP contribution in [0.3, 0.4) is 0 Å².